The molecule has 1 atom stereocenters. The summed E-state index contributed by atoms with van der Waals surface area (Å²) in [5, 5.41) is 11.9. The van der Waals surface area contributed by atoms with Crippen molar-refractivity contribution < 1.29 is 9.50 Å². The molecule has 2 aromatic carbocycles. The Morgan fingerprint density at radius 2 is 1.71 bits per heavy atom. The molecule has 110 valence electrons. The SMILES string of the molecule is Oc1ccccc1Pc1ccc(F)cc1N1CCCCC1. The number of halogens is 1. The van der Waals surface area contributed by atoms with E-state index in [2.05, 4.69) is 4.90 Å². The summed E-state index contributed by atoms with van der Waals surface area (Å²) in [5.74, 6) is 0.117. The van der Waals surface area contributed by atoms with Crippen LogP contribution in [0.3, 0.4) is 0 Å². The minimum absolute atomic E-state index is 0.193. The molecule has 0 aromatic heterocycles. The van der Waals surface area contributed by atoms with E-state index in [1.54, 1.807) is 12.1 Å². The maximum absolute atomic E-state index is 13.6. The normalized spacial score (nSPS) is 15.8. The first-order chi connectivity index (χ1) is 10.2. The van der Waals surface area contributed by atoms with Crippen LogP contribution in [0, 0.1) is 5.82 Å². The number of phenols is 1. The van der Waals surface area contributed by atoms with Crippen molar-refractivity contribution in [2.75, 3.05) is 18.0 Å². The van der Waals surface area contributed by atoms with E-state index < -0.39 is 0 Å². The fourth-order valence-corrected chi connectivity index (χ4v) is 3.94. The van der Waals surface area contributed by atoms with Crippen LogP contribution in [0.2, 0.25) is 0 Å². The Bertz CT molecular complexity index is 626. The van der Waals surface area contributed by atoms with Gasteiger partial charge in [-0.15, -0.1) is 0 Å². The van der Waals surface area contributed by atoms with E-state index >= 15 is 0 Å². The van der Waals surface area contributed by atoms with Gasteiger partial charge in [-0.1, -0.05) is 26.8 Å². The Kier molecular flexibility index (Phi) is 4.40. The number of hydrogen-bond acceptors (Lipinski definition) is 2. The van der Waals surface area contributed by atoms with E-state index in [9.17, 15) is 9.50 Å². The Labute approximate surface area is 126 Å². The van der Waals surface area contributed by atoms with Gasteiger partial charge in [-0.3, -0.25) is 0 Å². The molecule has 1 N–H and O–H groups in total. The third-order valence-electron chi connectivity index (χ3n) is 3.83. The van der Waals surface area contributed by atoms with Gasteiger partial charge >= 0.3 is 0 Å². The lowest BCUT2D eigenvalue weighted by molar-refractivity contribution is 0.480. The first-order valence-corrected chi connectivity index (χ1v) is 8.33. The molecular formula is C17H19FNOP. The highest BCUT2D eigenvalue weighted by Crippen LogP contribution is 2.26. The molecule has 2 aromatic rings. The quantitative estimate of drug-likeness (QED) is 0.881. The molecule has 21 heavy (non-hydrogen) atoms. The molecule has 1 unspecified atom stereocenters. The van der Waals surface area contributed by atoms with Crippen molar-refractivity contribution >= 4 is 24.9 Å². The summed E-state index contributed by atoms with van der Waals surface area (Å²) in [6, 6.07) is 12.4. The van der Waals surface area contributed by atoms with Gasteiger partial charge in [0.25, 0.3) is 0 Å². The second-order valence-electron chi connectivity index (χ2n) is 5.35. The number of benzene rings is 2. The van der Waals surface area contributed by atoms with Gasteiger partial charge in [0.2, 0.25) is 0 Å². The summed E-state index contributed by atoms with van der Waals surface area (Å²) in [4.78, 5) is 2.27. The zero-order valence-electron chi connectivity index (χ0n) is 11.8. The van der Waals surface area contributed by atoms with Gasteiger partial charge in [0.15, 0.2) is 0 Å². The number of nitrogens with zero attached hydrogens (tertiary/aromatic N) is 1. The van der Waals surface area contributed by atoms with E-state index in [0.717, 1.165) is 42.2 Å². The zero-order chi connectivity index (χ0) is 14.7. The second-order valence-corrected chi connectivity index (χ2v) is 6.68. The predicted octanol–water partition coefficient (Wildman–Crippen LogP) is 3.15. The summed E-state index contributed by atoms with van der Waals surface area (Å²) < 4.78 is 13.6. The highest BCUT2D eigenvalue weighted by atomic mass is 31.1. The average molecular weight is 303 g/mol. The average Bonchev–Trinajstić information content (AvgIpc) is 2.52. The molecule has 1 aliphatic heterocycles. The largest absolute Gasteiger partial charge is 0.507 e. The van der Waals surface area contributed by atoms with Gasteiger partial charge < -0.3 is 10.0 Å². The van der Waals surface area contributed by atoms with E-state index in [-0.39, 0.29) is 5.82 Å². The topological polar surface area (TPSA) is 23.5 Å². The smallest absolute Gasteiger partial charge is 0.125 e. The molecule has 2 nitrogen and oxygen atoms in total. The molecule has 1 heterocycles. The van der Waals surface area contributed by atoms with Crippen LogP contribution in [0.15, 0.2) is 42.5 Å². The van der Waals surface area contributed by atoms with Gasteiger partial charge in [-0.2, -0.15) is 0 Å². The van der Waals surface area contributed by atoms with Gasteiger partial charge in [-0.25, -0.2) is 4.39 Å². The van der Waals surface area contributed by atoms with Gasteiger partial charge in [0, 0.05) is 29.4 Å². The monoisotopic (exact) mass is 303 g/mol. The molecule has 0 radical (unpaired) electrons. The molecule has 1 aliphatic rings. The fraction of sp³-hybridized carbons (Fsp3) is 0.294. The van der Waals surface area contributed by atoms with Crippen LogP contribution in [0.1, 0.15) is 19.3 Å². The minimum atomic E-state index is -0.193. The van der Waals surface area contributed by atoms with Crippen LogP contribution in [0.25, 0.3) is 0 Å². The van der Waals surface area contributed by atoms with Crippen molar-refractivity contribution in [1.82, 2.24) is 0 Å². The second kappa shape index (κ2) is 6.44. The molecular weight excluding hydrogens is 284 g/mol. The van der Waals surface area contributed by atoms with Crippen molar-refractivity contribution in [3.63, 3.8) is 0 Å². The van der Waals surface area contributed by atoms with Crippen LogP contribution in [-0.2, 0) is 0 Å². The number of anilines is 1. The maximum atomic E-state index is 13.6. The molecule has 1 fully saturated rings. The van der Waals surface area contributed by atoms with Crippen LogP contribution in [-0.4, -0.2) is 18.2 Å². The van der Waals surface area contributed by atoms with Crippen molar-refractivity contribution in [2.24, 2.45) is 0 Å². The first kappa shape index (κ1) is 14.3. The van der Waals surface area contributed by atoms with E-state index in [4.69, 9.17) is 0 Å². The number of phenolic OH excluding ortho intramolecular Hbond substituents is 1. The summed E-state index contributed by atoms with van der Waals surface area (Å²) >= 11 is 0. The van der Waals surface area contributed by atoms with Crippen molar-refractivity contribution in [1.29, 1.82) is 0 Å². The van der Waals surface area contributed by atoms with Crippen LogP contribution >= 0.6 is 8.58 Å². The summed E-state index contributed by atoms with van der Waals surface area (Å²) in [5.41, 5.74) is 0.983. The van der Waals surface area contributed by atoms with Crippen molar-refractivity contribution in [3.8, 4) is 5.75 Å². The van der Waals surface area contributed by atoms with Gasteiger partial charge in [0.1, 0.15) is 11.6 Å². The summed E-state index contributed by atoms with van der Waals surface area (Å²) in [6.45, 7) is 1.98. The molecule has 0 spiro atoms. The Morgan fingerprint density at radius 3 is 2.48 bits per heavy atom. The van der Waals surface area contributed by atoms with Gasteiger partial charge in [0.05, 0.1) is 0 Å². The van der Waals surface area contributed by atoms with Crippen molar-refractivity contribution in [3.05, 3.63) is 48.3 Å². The molecule has 1 saturated heterocycles. The van der Waals surface area contributed by atoms with Crippen LogP contribution in [0.4, 0.5) is 10.1 Å². The number of rotatable bonds is 3. The predicted molar refractivity (Wildman–Crippen MR) is 88.2 cm³/mol. The highest BCUT2D eigenvalue weighted by molar-refractivity contribution is 7.56. The molecule has 4 heteroatoms. The van der Waals surface area contributed by atoms with Crippen LogP contribution in [0.5, 0.6) is 5.75 Å². The first-order valence-electron chi connectivity index (χ1n) is 7.33. The standard InChI is InChI=1S/C17H19FNOP/c18-13-8-9-16(21-17-7-3-2-6-15(17)20)14(12-13)19-10-4-1-5-11-19/h2-3,6-9,12,20-21H,1,4-5,10-11H2. The molecule has 0 saturated carbocycles. The van der Waals surface area contributed by atoms with Crippen LogP contribution < -0.4 is 15.5 Å². The lowest BCUT2D eigenvalue weighted by Gasteiger charge is -2.30. The fourth-order valence-electron chi connectivity index (χ4n) is 2.73. The third-order valence-corrected chi connectivity index (χ3v) is 5.21. The summed E-state index contributed by atoms with van der Waals surface area (Å²) in [7, 11) is 0.337. The molecule has 0 bridgehead atoms. The molecule has 0 aliphatic carbocycles. The van der Waals surface area contributed by atoms with E-state index in [1.807, 2.05) is 24.3 Å². The maximum Gasteiger partial charge on any atom is 0.125 e. The Morgan fingerprint density at radius 1 is 0.952 bits per heavy atom. The molecule has 0 amide bonds. The summed E-state index contributed by atoms with van der Waals surface area (Å²) in [6.07, 6.45) is 3.58. The number of piperidine rings is 1. The number of para-hydroxylation sites is 1. The Balaban J connectivity index is 1.92. The number of aromatic hydroxyl groups is 1. The Hall–Kier alpha value is -1.60. The minimum Gasteiger partial charge on any atom is -0.507 e. The zero-order valence-corrected chi connectivity index (χ0v) is 12.8. The number of hydrogen-bond donors (Lipinski definition) is 1. The lowest BCUT2D eigenvalue weighted by Crippen LogP contribution is -2.32. The third kappa shape index (κ3) is 3.36. The molecule has 3 rings (SSSR count). The van der Waals surface area contributed by atoms with E-state index in [1.165, 1.54) is 12.5 Å². The highest BCUT2D eigenvalue weighted by Gasteiger charge is 2.16. The van der Waals surface area contributed by atoms with E-state index in [0.29, 0.717) is 14.3 Å². The lowest BCUT2D eigenvalue weighted by atomic mass is 10.1. The van der Waals surface area contributed by atoms with Crippen molar-refractivity contribution in [2.45, 2.75) is 19.3 Å². The van der Waals surface area contributed by atoms with Gasteiger partial charge in [-0.05, 0) is 43.5 Å².